The number of rotatable bonds is 5. The summed E-state index contributed by atoms with van der Waals surface area (Å²) in [7, 11) is 0. The van der Waals surface area contributed by atoms with Gasteiger partial charge in [-0.25, -0.2) is 8.78 Å². The number of ketones is 1. The van der Waals surface area contributed by atoms with Crippen molar-refractivity contribution in [1.29, 1.82) is 0 Å². The summed E-state index contributed by atoms with van der Waals surface area (Å²) in [6.07, 6.45) is -2.52. The molecule has 0 spiro atoms. The maximum Gasteiger partial charge on any atom is 0.586 e. The molecule has 3 aromatic rings. The lowest BCUT2D eigenvalue weighted by molar-refractivity contribution is -0.286. The molecule has 1 heterocycles. The van der Waals surface area contributed by atoms with Gasteiger partial charge in [0.25, 0.3) is 0 Å². The number of aryl methyl sites for hydroxylation is 1. The van der Waals surface area contributed by atoms with Gasteiger partial charge in [0.1, 0.15) is 5.78 Å². The van der Waals surface area contributed by atoms with Gasteiger partial charge in [0.05, 0.1) is 5.41 Å². The Labute approximate surface area is 187 Å². The zero-order chi connectivity index (χ0) is 23.5. The van der Waals surface area contributed by atoms with Crippen LogP contribution in [0.4, 0.5) is 17.6 Å². The number of hydrogen-bond acceptors (Lipinski definition) is 4. The van der Waals surface area contributed by atoms with Crippen LogP contribution in [0, 0.1) is 18.6 Å². The molecule has 8 heteroatoms. The number of aromatic hydroxyl groups is 1. The summed E-state index contributed by atoms with van der Waals surface area (Å²) in [6.45, 7) is 1.77. The zero-order valence-electron chi connectivity index (χ0n) is 17.4. The average molecular weight is 460 g/mol. The largest absolute Gasteiger partial charge is 0.586 e. The van der Waals surface area contributed by atoms with Crippen molar-refractivity contribution < 1.29 is 38.4 Å². The minimum absolute atomic E-state index is 0. The van der Waals surface area contributed by atoms with Crippen LogP contribution in [0.2, 0.25) is 0 Å². The molecule has 1 N–H and O–H groups in total. The standard InChI is InChI=1S/C25H18F4O4.H2/c1-13-2-3-14(8-17(13)15-10-18(26)23(31)19(27)11-15)9-22(30)24(6-7-24)16-4-5-20-21(12-16)33-25(28,29)32-20;/h2-5,8,10-12,31H,6-7,9H2,1H3;1H. The predicted molar refractivity (Wildman–Crippen MR) is 113 cm³/mol. The number of phenolic OH excluding ortho intramolecular Hbond substituents is 1. The van der Waals surface area contributed by atoms with Crippen molar-refractivity contribution in [1.82, 2.24) is 0 Å². The van der Waals surface area contributed by atoms with Crippen molar-refractivity contribution >= 4 is 5.78 Å². The van der Waals surface area contributed by atoms with Gasteiger partial charge in [-0.3, -0.25) is 4.79 Å². The van der Waals surface area contributed by atoms with Gasteiger partial charge in [0, 0.05) is 7.85 Å². The quantitative estimate of drug-likeness (QED) is 0.471. The normalized spacial score (nSPS) is 17.1. The molecule has 0 atom stereocenters. The first-order valence-corrected chi connectivity index (χ1v) is 10.3. The molecular formula is C25H20F4O4. The summed E-state index contributed by atoms with van der Waals surface area (Å²) in [5.41, 5.74) is 1.96. The SMILES string of the molecule is Cc1ccc(CC(=O)C2(c3ccc4c(c3)OC(F)(F)O4)CC2)cc1-c1cc(F)c(O)c(F)c1.[HH]. The second kappa shape index (κ2) is 7.23. The molecule has 0 amide bonds. The van der Waals surface area contributed by atoms with E-state index in [1.165, 1.54) is 12.1 Å². The number of phenols is 1. The topological polar surface area (TPSA) is 55.8 Å². The number of fused-ring (bicyclic) bond motifs is 1. The number of hydrogen-bond donors (Lipinski definition) is 1. The molecular weight excluding hydrogens is 440 g/mol. The third-order valence-corrected chi connectivity index (χ3v) is 6.23. The van der Waals surface area contributed by atoms with E-state index in [1.807, 2.05) is 0 Å². The minimum Gasteiger partial charge on any atom is -0.503 e. The Morgan fingerprint density at radius 2 is 1.67 bits per heavy atom. The lowest BCUT2D eigenvalue weighted by Gasteiger charge is -2.16. The number of carbonyl (C=O) groups is 1. The minimum atomic E-state index is -3.73. The number of halogens is 4. The van der Waals surface area contributed by atoms with Crippen LogP contribution in [0.15, 0.2) is 48.5 Å². The van der Waals surface area contributed by atoms with Crippen LogP contribution in [0.25, 0.3) is 11.1 Å². The Bertz CT molecular complexity index is 1280. The second-order valence-corrected chi connectivity index (χ2v) is 8.45. The van der Waals surface area contributed by atoms with Crippen molar-refractivity contribution in [2.45, 2.75) is 37.9 Å². The molecule has 0 aromatic heterocycles. The van der Waals surface area contributed by atoms with Gasteiger partial charge in [-0.15, -0.1) is 8.78 Å². The summed E-state index contributed by atoms with van der Waals surface area (Å²) in [5.74, 6) is -3.47. The Morgan fingerprint density at radius 3 is 2.33 bits per heavy atom. The average Bonchev–Trinajstić information content (AvgIpc) is 3.50. The van der Waals surface area contributed by atoms with Gasteiger partial charge in [0.2, 0.25) is 0 Å². The van der Waals surface area contributed by atoms with Crippen LogP contribution in [-0.4, -0.2) is 17.2 Å². The first kappa shape index (κ1) is 21.3. The van der Waals surface area contributed by atoms with Crippen molar-refractivity contribution in [3.05, 3.63) is 76.9 Å². The molecule has 1 aliphatic heterocycles. The number of ether oxygens (including phenoxy) is 2. The lowest BCUT2D eigenvalue weighted by Crippen LogP contribution is -2.26. The third kappa shape index (κ3) is 3.69. The van der Waals surface area contributed by atoms with Gasteiger partial charge < -0.3 is 14.6 Å². The molecule has 172 valence electrons. The van der Waals surface area contributed by atoms with E-state index in [0.29, 0.717) is 29.5 Å². The molecule has 0 radical (unpaired) electrons. The van der Waals surface area contributed by atoms with Crippen LogP contribution >= 0.6 is 0 Å². The molecule has 1 fully saturated rings. The fourth-order valence-electron chi connectivity index (χ4n) is 4.27. The molecule has 1 aliphatic carbocycles. The van der Waals surface area contributed by atoms with Gasteiger partial charge in [-0.05, 0) is 71.8 Å². The summed E-state index contributed by atoms with van der Waals surface area (Å²) < 4.78 is 63.3. The van der Waals surface area contributed by atoms with Crippen molar-refractivity contribution in [3.63, 3.8) is 0 Å². The monoisotopic (exact) mass is 460 g/mol. The highest BCUT2D eigenvalue weighted by molar-refractivity contribution is 5.95. The highest BCUT2D eigenvalue weighted by Crippen LogP contribution is 2.52. The van der Waals surface area contributed by atoms with Crippen molar-refractivity contribution in [2.24, 2.45) is 0 Å². The van der Waals surface area contributed by atoms with E-state index in [1.54, 1.807) is 31.2 Å². The molecule has 3 aromatic carbocycles. The second-order valence-electron chi connectivity index (χ2n) is 8.45. The molecule has 5 rings (SSSR count). The number of alkyl halides is 2. The summed E-state index contributed by atoms with van der Waals surface area (Å²) in [6, 6.07) is 11.7. The summed E-state index contributed by atoms with van der Waals surface area (Å²) in [5, 5.41) is 9.36. The van der Waals surface area contributed by atoms with E-state index in [9.17, 15) is 27.5 Å². The predicted octanol–water partition coefficient (Wildman–Crippen LogP) is 6.06. The van der Waals surface area contributed by atoms with Gasteiger partial charge in [0.15, 0.2) is 28.9 Å². The fraction of sp³-hybridized carbons (Fsp3) is 0.240. The Balaban J connectivity index is 0.00000274. The van der Waals surface area contributed by atoms with Gasteiger partial charge in [-0.2, -0.15) is 0 Å². The molecule has 0 unspecified atom stereocenters. The number of benzene rings is 3. The zero-order valence-corrected chi connectivity index (χ0v) is 17.4. The molecule has 33 heavy (non-hydrogen) atoms. The first-order valence-electron chi connectivity index (χ1n) is 10.3. The van der Waals surface area contributed by atoms with E-state index in [2.05, 4.69) is 9.47 Å². The number of carbonyl (C=O) groups excluding carboxylic acids is 1. The first-order chi connectivity index (χ1) is 15.6. The van der Waals surface area contributed by atoms with Gasteiger partial charge >= 0.3 is 6.29 Å². The van der Waals surface area contributed by atoms with Crippen LogP contribution < -0.4 is 9.47 Å². The van der Waals surface area contributed by atoms with Crippen LogP contribution in [0.1, 0.15) is 31.0 Å². The van der Waals surface area contributed by atoms with E-state index in [4.69, 9.17) is 0 Å². The van der Waals surface area contributed by atoms with Crippen LogP contribution in [0.5, 0.6) is 17.2 Å². The number of Topliss-reactive ketones (excluding diaryl/α,β-unsaturated/α-hetero) is 1. The Hall–Kier alpha value is -3.55. The molecule has 1 saturated carbocycles. The van der Waals surface area contributed by atoms with Crippen LogP contribution in [0.3, 0.4) is 0 Å². The molecule has 0 bridgehead atoms. The molecule has 2 aliphatic rings. The molecule has 0 saturated heterocycles. The highest BCUT2D eigenvalue weighted by Gasteiger charge is 2.52. The van der Waals surface area contributed by atoms with E-state index < -0.39 is 29.1 Å². The summed E-state index contributed by atoms with van der Waals surface area (Å²) in [4.78, 5) is 13.2. The molecule has 4 nitrogen and oxygen atoms in total. The fourth-order valence-corrected chi connectivity index (χ4v) is 4.27. The van der Waals surface area contributed by atoms with Crippen molar-refractivity contribution in [3.8, 4) is 28.4 Å². The maximum atomic E-state index is 13.9. The smallest absolute Gasteiger partial charge is 0.503 e. The summed E-state index contributed by atoms with van der Waals surface area (Å²) >= 11 is 0. The van der Waals surface area contributed by atoms with Gasteiger partial charge in [-0.1, -0.05) is 24.3 Å². The van der Waals surface area contributed by atoms with E-state index >= 15 is 0 Å². The lowest BCUT2D eigenvalue weighted by atomic mass is 9.87. The Kier molecular flexibility index (Phi) is 4.67. The third-order valence-electron chi connectivity index (χ3n) is 6.23. The maximum absolute atomic E-state index is 13.9. The van der Waals surface area contributed by atoms with E-state index in [-0.39, 0.29) is 30.7 Å². The van der Waals surface area contributed by atoms with Crippen LogP contribution in [-0.2, 0) is 16.6 Å². The van der Waals surface area contributed by atoms with Crippen molar-refractivity contribution in [2.75, 3.05) is 0 Å². The Morgan fingerprint density at radius 1 is 1.00 bits per heavy atom. The highest BCUT2D eigenvalue weighted by atomic mass is 19.3. The van der Waals surface area contributed by atoms with E-state index in [0.717, 1.165) is 17.7 Å².